The van der Waals surface area contributed by atoms with E-state index in [2.05, 4.69) is 10.3 Å². The van der Waals surface area contributed by atoms with Gasteiger partial charge in [0.1, 0.15) is 5.54 Å². The third-order valence-corrected chi connectivity index (χ3v) is 6.64. The van der Waals surface area contributed by atoms with Gasteiger partial charge in [-0.25, -0.2) is 0 Å². The van der Waals surface area contributed by atoms with Crippen LogP contribution in [0.1, 0.15) is 27.4 Å². The van der Waals surface area contributed by atoms with Crippen molar-refractivity contribution >= 4 is 29.0 Å². The van der Waals surface area contributed by atoms with Crippen LogP contribution in [-0.4, -0.2) is 35.2 Å². The number of rotatable bonds is 3. The maximum atomic E-state index is 13.9. The van der Waals surface area contributed by atoms with E-state index in [4.69, 9.17) is 11.6 Å². The summed E-state index contributed by atoms with van der Waals surface area (Å²) in [6.07, 6.45) is 3.22. The van der Waals surface area contributed by atoms with E-state index >= 15 is 0 Å². The quantitative estimate of drug-likeness (QED) is 0.651. The van der Waals surface area contributed by atoms with Crippen LogP contribution in [0, 0.1) is 5.92 Å². The van der Waals surface area contributed by atoms with Gasteiger partial charge in [-0.15, -0.1) is 0 Å². The van der Waals surface area contributed by atoms with E-state index in [-0.39, 0.29) is 17.6 Å². The van der Waals surface area contributed by atoms with Gasteiger partial charge in [-0.3, -0.25) is 19.5 Å². The summed E-state index contributed by atoms with van der Waals surface area (Å²) in [6, 6.07) is 18.7. The Kier molecular flexibility index (Phi) is 4.45. The van der Waals surface area contributed by atoms with E-state index in [0.717, 1.165) is 16.8 Å². The summed E-state index contributed by atoms with van der Waals surface area (Å²) < 4.78 is 0. The van der Waals surface area contributed by atoms with Crippen molar-refractivity contribution in [2.75, 3.05) is 18.9 Å². The summed E-state index contributed by atoms with van der Waals surface area (Å²) in [5.74, 6) is -1.02. The van der Waals surface area contributed by atoms with Crippen LogP contribution in [0.3, 0.4) is 0 Å². The molecular weight excluding hydrogens is 398 g/mol. The Morgan fingerprint density at radius 1 is 1.13 bits per heavy atom. The van der Waals surface area contributed by atoms with Gasteiger partial charge >= 0.3 is 0 Å². The molecule has 1 spiro atoms. The third kappa shape index (κ3) is 2.62. The molecule has 5 nitrogen and oxygen atoms in total. The number of ketones is 1. The molecule has 0 bridgehead atoms. The predicted molar refractivity (Wildman–Crippen MR) is 116 cm³/mol. The number of aromatic nitrogens is 1. The SMILES string of the molecule is CN1C[C@H](c2ccc(Cl)cc2)[C@H](C(=O)c2cccnc2)[C@]12C(=O)Nc1ccccc12. The van der Waals surface area contributed by atoms with Gasteiger partial charge in [0, 0.05) is 46.7 Å². The molecule has 2 aliphatic heterocycles. The highest BCUT2D eigenvalue weighted by Gasteiger charge is 2.64. The number of para-hydroxylation sites is 1. The number of likely N-dealkylation sites (tertiary alicyclic amines) is 1. The number of nitrogens with zero attached hydrogens (tertiary/aromatic N) is 2. The van der Waals surface area contributed by atoms with Crippen LogP contribution in [0.5, 0.6) is 0 Å². The van der Waals surface area contributed by atoms with Crippen molar-refractivity contribution in [3.8, 4) is 0 Å². The summed E-state index contributed by atoms with van der Waals surface area (Å²) in [5, 5.41) is 3.65. The summed E-state index contributed by atoms with van der Waals surface area (Å²) >= 11 is 6.10. The molecule has 2 aromatic carbocycles. The number of fused-ring (bicyclic) bond motifs is 2. The van der Waals surface area contributed by atoms with E-state index in [1.54, 1.807) is 24.5 Å². The predicted octanol–water partition coefficient (Wildman–Crippen LogP) is 4.11. The summed E-state index contributed by atoms with van der Waals surface area (Å²) in [7, 11) is 1.92. The van der Waals surface area contributed by atoms with Crippen molar-refractivity contribution < 1.29 is 9.59 Å². The van der Waals surface area contributed by atoms with E-state index in [1.165, 1.54) is 0 Å². The normalized spacial score (nSPS) is 25.3. The Hall–Kier alpha value is -3.02. The van der Waals surface area contributed by atoms with Gasteiger partial charge in [0.25, 0.3) is 0 Å². The van der Waals surface area contributed by atoms with Gasteiger partial charge in [-0.2, -0.15) is 0 Å². The second-order valence-corrected chi connectivity index (χ2v) is 8.32. The maximum Gasteiger partial charge on any atom is 0.250 e. The number of halogens is 1. The average Bonchev–Trinajstić information content (AvgIpc) is 3.24. The van der Waals surface area contributed by atoms with Crippen LogP contribution < -0.4 is 5.32 Å². The number of hydrogen-bond donors (Lipinski definition) is 1. The highest BCUT2D eigenvalue weighted by Crippen LogP contribution is 2.55. The summed E-state index contributed by atoms with van der Waals surface area (Å²) in [4.78, 5) is 33.5. The number of likely N-dealkylation sites (N-methyl/N-ethyl adjacent to an activating group) is 1. The monoisotopic (exact) mass is 417 g/mol. The molecule has 3 atom stereocenters. The molecule has 0 aliphatic carbocycles. The topological polar surface area (TPSA) is 62.3 Å². The Bertz CT molecular complexity index is 1130. The maximum absolute atomic E-state index is 13.9. The molecule has 1 N–H and O–H groups in total. The first-order chi connectivity index (χ1) is 14.5. The van der Waals surface area contributed by atoms with Crippen LogP contribution in [0.25, 0.3) is 0 Å². The number of benzene rings is 2. The van der Waals surface area contributed by atoms with Crippen molar-refractivity contribution in [2.45, 2.75) is 11.5 Å². The Morgan fingerprint density at radius 2 is 1.90 bits per heavy atom. The molecule has 30 heavy (non-hydrogen) atoms. The smallest absolute Gasteiger partial charge is 0.250 e. The summed E-state index contributed by atoms with van der Waals surface area (Å²) in [5.41, 5.74) is 2.02. The number of carbonyl (C=O) groups is 2. The number of amides is 1. The number of nitrogens with one attached hydrogen (secondary N) is 1. The zero-order valence-electron chi connectivity index (χ0n) is 16.4. The van der Waals surface area contributed by atoms with Crippen molar-refractivity contribution in [1.82, 2.24) is 9.88 Å². The lowest BCUT2D eigenvalue weighted by Crippen LogP contribution is -2.51. The number of carbonyl (C=O) groups excluding carboxylic acids is 2. The van der Waals surface area contributed by atoms with E-state index in [9.17, 15) is 9.59 Å². The van der Waals surface area contributed by atoms with E-state index < -0.39 is 11.5 Å². The van der Waals surface area contributed by atoms with Gasteiger partial charge in [-0.1, -0.05) is 41.9 Å². The van der Waals surface area contributed by atoms with Crippen molar-refractivity contribution in [3.63, 3.8) is 0 Å². The average molecular weight is 418 g/mol. The van der Waals surface area contributed by atoms with Crippen LogP contribution in [0.2, 0.25) is 5.02 Å². The summed E-state index contributed by atoms with van der Waals surface area (Å²) in [6.45, 7) is 0.569. The molecule has 0 radical (unpaired) electrons. The first-order valence-corrected chi connectivity index (χ1v) is 10.2. The lowest BCUT2D eigenvalue weighted by molar-refractivity contribution is -0.126. The molecular formula is C24H20ClN3O2. The van der Waals surface area contributed by atoms with Crippen LogP contribution in [0.15, 0.2) is 73.1 Å². The highest BCUT2D eigenvalue weighted by atomic mass is 35.5. The van der Waals surface area contributed by atoms with Crippen molar-refractivity contribution in [2.24, 2.45) is 5.92 Å². The Labute approximate surface area is 179 Å². The molecule has 1 amide bonds. The standard InChI is InChI=1S/C24H20ClN3O2/c1-28-14-18(15-8-10-17(25)11-9-15)21(22(29)16-5-4-12-26-13-16)24(28)19-6-2-3-7-20(19)27-23(24)30/h2-13,18,21H,14H2,1H3,(H,27,30)/t18-,21-,24-/m1/s1. The molecule has 3 aromatic rings. The third-order valence-electron chi connectivity index (χ3n) is 6.38. The van der Waals surface area contributed by atoms with Crippen molar-refractivity contribution in [1.29, 1.82) is 0 Å². The Morgan fingerprint density at radius 3 is 2.63 bits per heavy atom. The molecule has 1 saturated heterocycles. The highest BCUT2D eigenvalue weighted by molar-refractivity contribution is 6.30. The molecule has 2 aliphatic rings. The van der Waals surface area contributed by atoms with E-state index in [1.807, 2.05) is 60.5 Å². The molecule has 5 rings (SSSR count). The minimum atomic E-state index is -1.08. The fraction of sp³-hybridized carbons (Fsp3) is 0.208. The van der Waals surface area contributed by atoms with Crippen LogP contribution >= 0.6 is 11.6 Å². The fourth-order valence-electron chi connectivity index (χ4n) is 5.09. The first-order valence-electron chi connectivity index (χ1n) is 9.85. The molecule has 0 saturated carbocycles. The zero-order valence-corrected chi connectivity index (χ0v) is 17.1. The molecule has 6 heteroatoms. The second kappa shape index (κ2) is 7.04. The fourth-order valence-corrected chi connectivity index (χ4v) is 5.22. The first kappa shape index (κ1) is 19.0. The number of anilines is 1. The zero-order chi connectivity index (χ0) is 20.9. The number of hydrogen-bond acceptors (Lipinski definition) is 4. The van der Waals surface area contributed by atoms with Gasteiger partial charge in [0.05, 0.1) is 5.92 Å². The molecule has 150 valence electrons. The van der Waals surface area contributed by atoms with Gasteiger partial charge in [-0.05, 0) is 42.9 Å². The molecule has 0 unspecified atom stereocenters. The van der Waals surface area contributed by atoms with Gasteiger partial charge in [0.15, 0.2) is 5.78 Å². The number of Topliss-reactive ketones (excluding diaryl/α,β-unsaturated/α-hetero) is 1. The lowest BCUT2D eigenvalue weighted by Gasteiger charge is -2.35. The van der Waals surface area contributed by atoms with Crippen LogP contribution in [0.4, 0.5) is 5.69 Å². The largest absolute Gasteiger partial charge is 0.324 e. The molecule has 1 fully saturated rings. The van der Waals surface area contributed by atoms with Gasteiger partial charge in [0.2, 0.25) is 5.91 Å². The minimum absolute atomic E-state index is 0.0840. The van der Waals surface area contributed by atoms with Crippen molar-refractivity contribution in [3.05, 3.63) is 94.8 Å². The molecule has 1 aromatic heterocycles. The number of pyridine rings is 1. The van der Waals surface area contributed by atoms with E-state index in [0.29, 0.717) is 17.1 Å². The minimum Gasteiger partial charge on any atom is -0.324 e. The Balaban J connectivity index is 1.73. The molecule has 3 heterocycles. The van der Waals surface area contributed by atoms with Crippen LogP contribution in [-0.2, 0) is 10.3 Å². The second-order valence-electron chi connectivity index (χ2n) is 7.89. The van der Waals surface area contributed by atoms with Gasteiger partial charge < -0.3 is 5.32 Å². The lowest BCUT2D eigenvalue weighted by atomic mass is 9.70.